The van der Waals surface area contributed by atoms with Gasteiger partial charge in [-0.1, -0.05) is 19.9 Å². The van der Waals surface area contributed by atoms with Gasteiger partial charge in [-0.2, -0.15) is 0 Å². The summed E-state index contributed by atoms with van der Waals surface area (Å²) in [5.74, 6) is -1.33. The Hall–Kier alpha value is -1.84. The lowest BCUT2D eigenvalue weighted by molar-refractivity contribution is -0.131. The molecule has 0 aliphatic carbocycles. The highest BCUT2D eigenvalue weighted by Gasteiger charge is 2.26. The average molecular weight is 277 g/mol. The summed E-state index contributed by atoms with van der Waals surface area (Å²) in [5.41, 5.74) is 1.50. The normalized spacial score (nSPS) is 18.4. The minimum atomic E-state index is -1.03. The van der Waals surface area contributed by atoms with Crippen LogP contribution in [-0.4, -0.2) is 24.2 Å². The van der Waals surface area contributed by atoms with Crippen molar-refractivity contribution < 1.29 is 14.3 Å². The van der Waals surface area contributed by atoms with Crippen LogP contribution in [0.1, 0.15) is 32.3 Å². The van der Waals surface area contributed by atoms with Crippen molar-refractivity contribution in [3.05, 3.63) is 35.7 Å². The third-order valence-corrected chi connectivity index (χ3v) is 3.85. The minimum Gasteiger partial charge on any atom is -0.478 e. The van der Waals surface area contributed by atoms with Crippen LogP contribution in [0, 0.1) is 11.2 Å². The molecule has 0 spiro atoms. The van der Waals surface area contributed by atoms with Gasteiger partial charge in [-0.25, -0.2) is 9.18 Å². The maximum atomic E-state index is 14.1. The number of anilines is 1. The third-order valence-electron chi connectivity index (χ3n) is 3.85. The number of piperidine rings is 1. The summed E-state index contributed by atoms with van der Waals surface area (Å²) in [4.78, 5) is 12.5. The number of carboxylic acid groups (broad SMARTS) is 1. The second kappa shape index (κ2) is 5.65. The van der Waals surface area contributed by atoms with Crippen molar-refractivity contribution in [1.29, 1.82) is 0 Å². The first-order valence-corrected chi connectivity index (χ1v) is 6.83. The van der Waals surface area contributed by atoms with E-state index in [1.165, 1.54) is 12.1 Å². The first-order chi connectivity index (χ1) is 9.37. The number of benzene rings is 1. The van der Waals surface area contributed by atoms with Gasteiger partial charge in [0.1, 0.15) is 5.82 Å². The van der Waals surface area contributed by atoms with Crippen molar-refractivity contribution in [3.8, 4) is 0 Å². The third kappa shape index (κ3) is 3.59. The van der Waals surface area contributed by atoms with Crippen LogP contribution in [0.4, 0.5) is 10.1 Å². The van der Waals surface area contributed by atoms with Gasteiger partial charge in [0.2, 0.25) is 0 Å². The van der Waals surface area contributed by atoms with Gasteiger partial charge in [-0.15, -0.1) is 0 Å². The molecule has 0 saturated carbocycles. The number of hydrogen-bond donors (Lipinski definition) is 1. The molecule has 1 aliphatic rings. The highest BCUT2D eigenvalue weighted by molar-refractivity contribution is 5.85. The lowest BCUT2D eigenvalue weighted by atomic mass is 9.82. The van der Waals surface area contributed by atoms with Crippen molar-refractivity contribution in [3.63, 3.8) is 0 Å². The van der Waals surface area contributed by atoms with Crippen LogP contribution in [0.5, 0.6) is 0 Å². The number of aliphatic carboxylic acids is 1. The van der Waals surface area contributed by atoms with Gasteiger partial charge in [-0.3, -0.25) is 0 Å². The number of halogens is 1. The number of carboxylic acids is 1. The molecule has 0 bridgehead atoms. The quantitative estimate of drug-likeness (QED) is 0.859. The summed E-state index contributed by atoms with van der Waals surface area (Å²) < 4.78 is 14.1. The molecule has 0 amide bonds. The highest BCUT2D eigenvalue weighted by atomic mass is 19.1. The number of rotatable bonds is 3. The van der Waals surface area contributed by atoms with Crippen LogP contribution >= 0.6 is 0 Å². The molecule has 0 unspecified atom stereocenters. The van der Waals surface area contributed by atoms with E-state index < -0.39 is 5.97 Å². The molecule has 0 aromatic heterocycles. The molecule has 20 heavy (non-hydrogen) atoms. The van der Waals surface area contributed by atoms with Crippen LogP contribution in [0.2, 0.25) is 0 Å². The van der Waals surface area contributed by atoms with E-state index in [1.54, 1.807) is 12.1 Å². The van der Waals surface area contributed by atoms with Crippen LogP contribution in [-0.2, 0) is 4.79 Å². The van der Waals surface area contributed by atoms with E-state index in [1.807, 2.05) is 0 Å². The summed E-state index contributed by atoms with van der Waals surface area (Å²) >= 11 is 0. The topological polar surface area (TPSA) is 40.5 Å². The Morgan fingerprint density at radius 1 is 1.35 bits per heavy atom. The first kappa shape index (κ1) is 14.6. The van der Waals surface area contributed by atoms with E-state index in [4.69, 9.17) is 5.11 Å². The van der Waals surface area contributed by atoms with Crippen molar-refractivity contribution >= 4 is 17.7 Å². The average Bonchev–Trinajstić information content (AvgIpc) is 2.37. The van der Waals surface area contributed by atoms with E-state index in [9.17, 15) is 9.18 Å². The monoisotopic (exact) mass is 277 g/mol. The van der Waals surface area contributed by atoms with E-state index in [0.717, 1.165) is 32.0 Å². The maximum absolute atomic E-state index is 14.1. The second-order valence-corrected chi connectivity index (χ2v) is 6.03. The fraction of sp³-hybridized carbons (Fsp3) is 0.438. The van der Waals surface area contributed by atoms with Gasteiger partial charge >= 0.3 is 5.97 Å². The lowest BCUT2D eigenvalue weighted by Crippen LogP contribution is -2.37. The minimum absolute atomic E-state index is 0.294. The molecule has 1 fully saturated rings. The van der Waals surface area contributed by atoms with Gasteiger partial charge in [-0.05, 0) is 42.0 Å². The number of hydrogen-bond acceptors (Lipinski definition) is 2. The number of nitrogens with zero attached hydrogens (tertiary/aromatic N) is 1. The van der Waals surface area contributed by atoms with Crippen molar-refractivity contribution in [2.24, 2.45) is 5.41 Å². The Bertz CT molecular complexity index is 527. The summed E-state index contributed by atoms with van der Waals surface area (Å²) in [7, 11) is 0. The standard InChI is InChI=1S/C16H20FNO2/c1-16(2)7-9-18(10-8-16)14-5-3-12(11-13(14)17)4-6-15(19)20/h3-6,11H,7-10H2,1-2H3,(H,19,20). The molecule has 3 nitrogen and oxygen atoms in total. The van der Waals surface area contributed by atoms with Gasteiger partial charge in [0, 0.05) is 19.2 Å². The molecule has 2 rings (SSSR count). The summed E-state index contributed by atoms with van der Waals surface area (Å²) in [6.07, 6.45) is 4.51. The molecule has 108 valence electrons. The van der Waals surface area contributed by atoms with Crippen LogP contribution in [0.25, 0.3) is 6.08 Å². The molecule has 1 aromatic carbocycles. The molecule has 0 radical (unpaired) electrons. The fourth-order valence-corrected chi connectivity index (χ4v) is 2.40. The van der Waals surface area contributed by atoms with Gasteiger partial charge in [0.25, 0.3) is 0 Å². The maximum Gasteiger partial charge on any atom is 0.328 e. The fourth-order valence-electron chi connectivity index (χ4n) is 2.40. The summed E-state index contributed by atoms with van der Waals surface area (Å²) in [6, 6.07) is 4.86. The Balaban J connectivity index is 2.12. The molecular weight excluding hydrogens is 257 g/mol. The van der Waals surface area contributed by atoms with E-state index >= 15 is 0 Å². The predicted octanol–water partition coefficient (Wildman–Crippen LogP) is 3.55. The molecule has 4 heteroatoms. The zero-order valence-corrected chi connectivity index (χ0v) is 11.9. The Kier molecular flexibility index (Phi) is 4.12. The van der Waals surface area contributed by atoms with E-state index in [-0.39, 0.29) is 5.82 Å². The molecule has 1 saturated heterocycles. The van der Waals surface area contributed by atoms with Crippen molar-refractivity contribution in [2.45, 2.75) is 26.7 Å². The Labute approximate surface area is 118 Å². The molecule has 1 aliphatic heterocycles. The summed E-state index contributed by atoms with van der Waals surface area (Å²) in [6.45, 7) is 6.18. The van der Waals surface area contributed by atoms with Gasteiger partial charge in [0.15, 0.2) is 0 Å². The predicted molar refractivity (Wildman–Crippen MR) is 78.3 cm³/mol. The lowest BCUT2D eigenvalue weighted by Gasteiger charge is -2.38. The smallest absolute Gasteiger partial charge is 0.328 e. The second-order valence-electron chi connectivity index (χ2n) is 6.03. The largest absolute Gasteiger partial charge is 0.478 e. The van der Waals surface area contributed by atoms with Crippen LogP contribution < -0.4 is 4.90 Å². The first-order valence-electron chi connectivity index (χ1n) is 6.83. The zero-order valence-electron chi connectivity index (χ0n) is 11.9. The highest BCUT2D eigenvalue weighted by Crippen LogP contribution is 2.33. The Morgan fingerprint density at radius 2 is 2.00 bits per heavy atom. The van der Waals surface area contributed by atoms with Crippen molar-refractivity contribution in [2.75, 3.05) is 18.0 Å². The van der Waals surface area contributed by atoms with Crippen LogP contribution in [0.15, 0.2) is 24.3 Å². The molecule has 1 N–H and O–H groups in total. The van der Waals surface area contributed by atoms with Gasteiger partial charge < -0.3 is 10.0 Å². The van der Waals surface area contributed by atoms with Crippen molar-refractivity contribution in [1.82, 2.24) is 0 Å². The summed E-state index contributed by atoms with van der Waals surface area (Å²) in [5, 5.41) is 8.56. The molecule has 1 aromatic rings. The van der Waals surface area contributed by atoms with E-state index in [2.05, 4.69) is 18.7 Å². The van der Waals surface area contributed by atoms with Gasteiger partial charge in [0.05, 0.1) is 5.69 Å². The SMILES string of the molecule is CC1(C)CCN(c2ccc(C=CC(=O)O)cc2F)CC1. The molecular formula is C16H20FNO2. The molecule has 0 atom stereocenters. The Morgan fingerprint density at radius 3 is 2.55 bits per heavy atom. The van der Waals surface area contributed by atoms with Crippen LogP contribution in [0.3, 0.4) is 0 Å². The zero-order chi connectivity index (χ0) is 14.8. The number of carbonyl (C=O) groups is 1. The molecule has 1 heterocycles. The van der Waals surface area contributed by atoms with E-state index in [0.29, 0.717) is 16.7 Å².